The van der Waals surface area contributed by atoms with E-state index in [1.807, 2.05) is 23.1 Å². The molecule has 166 valence electrons. The van der Waals surface area contributed by atoms with E-state index >= 15 is 0 Å². The smallest absolute Gasteiger partial charge is 0.286 e. The molecule has 3 atom stereocenters. The van der Waals surface area contributed by atoms with Crippen molar-refractivity contribution in [2.45, 2.75) is 50.0 Å². The number of morpholine rings is 1. The van der Waals surface area contributed by atoms with Crippen LogP contribution in [0.3, 0.4) is 0 Å². The standard InChI is InChI=1S/C23H27ClN2O5/c24-17-4-2-1-3-15(17)14-20-21(27)25-18-13-16(5-6-19(18)31-20)22(28)26-9-7-23(8-10-26)29-11-12-30-23/h1-4,14,16,18-19H,5-13H2,(H,25,27)/b20-14-. The van der Waals surface area contributed by atoms with E-state index in [4.69, 9.17) is 25.8 Å². The maximum absolute atomic E-state index is 13.1. The van der Waals surface area contributed by atoms with Gasteiger partial charge in [-0.25, -0.2) is 0 Å². The van der Waals surface area contributed by atoms with Gasteiger partial charge in [-0.1, -0.05) is 29.8 Å². The van der Waals surface area contributed by atoms with Crippen LogP contribution >= 0.6 is 11.6 Å². The highest BCUT2D eigenvalue weighted by atomic mass is 35.5. The van der Waals surface area contributed by atoms with Crippen LogP contribution in [0, 0.1) is 5.92 Å². The summed E-state index contributed by atoms with van der Waals surface area (Å²) < 4.78 is 17.6. The van der Waals surface area contributed by atoms with E-state index in [0.29, 0.717) is 50.6 Å². The summed E-state index contributed by atoms with van der Waals surface area (Å²) in [6.07, 6.45) is 5.07. The van der Waals surface area contributed by atoms with Gasteiger partial charge in [-0.15, -0.1) is 0 Å². The predicted molar refractivity (Wildman–Crippen MR) is 114 cm³/mol. The normalized spacial score (nSPS) is 31.3. The van der Waals surface area contributed by atoms with Crippen LogP contribution in [0.1, 0.15) is 37.7 Å². The van der Waals surface area contributed by atoms with Crippen LogP contribution in [0.15, 0.2) is 30.0 Å². The molecule has 4 aliphatic rings. The summed E-state index contributed by atoms with van der Waals surface area (Å²) in [6.45, 7) is 2.56. The molecule has 31 heavy (non-hydrogen) atoms. The first-order chi connectivity index (χ1) is 15.0. The van der Waals surface area contributed by atoms with E-state index in [0.717, 1.165) is 18.4 Å². The van der Waals surface area contributed by atoms with Crippen molar-refractivity contribution in [1.29, 1.82) is 0 Å². The molecule has 1 aromatic rings. The van der Waals surface area contributed by atoms with Gasteiger partial charge in [0.25, 0.3) is 5.91 Å². The third-order valence-corrected chi connectivity index (χ3v) is 7.14. The summed E-state index contributed by atoms with van der Waals surface area (Å²) in [5, 5.41) is 3.62. The third kappa shape index (κ3) is 4.19. The summed E-state index contributed by atoms with van der Waals surface area (Å²) in [5.74, 6) is -0.400. The lowest BCUT2D eigenvalue weighted by molar-refractivity contribution is -0.189. The molecule has 3 aliphatic heterocycles. The molecule has 4 fully saturated rings. The van der Waals surface area contributed by atoms with Crippen LogP contribution in [-0.2, 0) is 23.8 Å². The number of fused-ring (bicyclic) bond motifs is 1. The number of likely N-dealkylation sites (tertiary alicyclic amines) is 1. The van der Waals surface area contributed by atoms with Gasteiger partial charge in [0.05, 0.1) is 19.3 Å². The van der Waals surface area contributed by atoms with Crippen molar-refractivity contribution in [3.05, 3.63) is 40.6 Å². The number of halogens is 1. The fraction of sp³-hybridized carbons (Fsp3) is 0.565. The molecular formula is C23H27ClN2O5. The molecule has 0 aromatic heterocycles. The molecular weight excluding hydrogens is 420 g/mol. The SMILES string of the molecule is O=C1NC2CC(C(=O)N3CCC4(CC3)OCCO4)CCC2O/C1=C\c1ccccc1Cl. The number of carbonyl (C=O) groups excluding carboxylic acids is 2. The first-order valence-corrected chi connectivity index (χ1v) is 11.4. The predicted octanol–water partition coefficient (Wildman–Crippen LogP) is 2.73. The number of hydrogen-bond donors (Lipinski definition) is 1. The van der Waals surface area contributed by atoms with Crippen LogP contribution in [-0.4, -0.2) is 61.0 Å². The van der Waals surface area contributed by atoms with Crippen molar-refractivity contribution < 1.29 is 23.8 Å². The minimum absolute atomic E-state index is 0.0984. The largest absolute Gasteiger partial charge is 0.483 e. The number of rotatable bonds is 2. The molecule has 3 unspecified atom stereocenters. The van der Waals surface area contributed by atoms with Gasteiger partial charge in [0.15, 0.2) is 11.5 Å². The Balaban J connectivity index is 1.20. The molecule has 1 N–H and O–H groups in total. The highest BCUT2D eigenvalue weighted by Crippen LogP contribution is 2.35. The van der Waals surface area contributed by atoms with E-state index in [-0.39, 0.29) is 35.6 Å². The quantitative estimate of drug-likeness (QED) is 0.707. The summed E-state index contributed by atoms with van der Waals surface area (Å²) in [6, 6.07) is 7.18. The van der Waals surface area contributed by atoms with Crippen LogP contribution < -0.4 is 5.32 Å². The molecule has 0 bridgehead atoms. The lowest BCUT2D eigenvalue weighted by Gasteiger charge is -2.42. The van der Waals surface area contributed by atoms with E-state index in [1.165, 1.54) is 0 Å². The highest BCUT2D eigenvalue weighted by molar-refractivity contribution is 6.32. The minimum Gasteiger partial charge on any atom is -0.483 e. The Morgan fingerprint density at radius 1 is 1.16 bits per heavy atom. The van der Waals surface area contributed by atoms with Gasteiger partial charge in [-0.3, -0.25) is 9.59 Å². The molecule has 2 amide bonds. The third-order valence-electron chi connectivity index (χ3n) is 6.80. The van der Waals surface area contributed by atoms with Crippen LogP contribution in [0.2, 0.25) is 5.02 Å². The molecule has 3 saturated heterocycles. The Morgan fingerprint density at radius 2 is 1.90 bits per heavy atom. The molecule has 1 aromatic carbocycles. The highest BCUT2D eigenvalue weighted by Gasteiger charge is 2.44. The Kier molecular flexibility index (Phi) is 5.67. The zero-order chi connectivity index (χ0) is 21.4. The lowest BCUT2D eigenvalue weighted by Crippen LogP contribution is -2.56. The number of ether oxygens (including phenoxy) is 3. The number of hydrogen-bond acceptors (Lipinski definition) is 5. The Labute approximate surface area is 186 Å². The van der Waals surface area contributed by atoms with Crippen molar-refractivity contribution in [2.75, 3.05) is 26.3 Å². The summed E-state index contributed by atoms with van der Waals surface area (Å²) in [5.41, 5.74) is 0.745. The second-order valence-corrected chi connectivity index (χ2v) is 9.12. The fourth-order valence-corrected chi connectivity index (χ4v) is 5.25. The maximum Gasteiger partial charge on any atom is 0.286 e. The molecule has 5 rings (SSSR count). The van der Waals surface area contributed by atoms with Crippen molar-refractivity contribution in [3.8, 4) is 0 Å². The van der Waals surface area contributed by atoms with Crippen molar-refractivity contribution in [1.82, 2.24) is 10.2 Å². The molecule has 1 saturated carbocycles. The number of amides is 2. The summed E-state index contributed by atoms with van der Waals surface area (Å²) in [4.78, 5) is 27.7. The second kappa shape index (κ2) is 8.45. The van der Waals surface area contributed by atoms with Crippen molar-refractivity contribution in [2.24, 2.45) is 5.92 Å². The number of nitrogens with zero attached hydrogens (tertiary/aromatic N) is 1. The number of piperidine rings is 1. The van der Waals surface area contributed by atoms with Gasteiger partial charge in [0.2, 0.25) is 5.91 Å². The Morgan fingerprint density at radius 3 is 2.65 bits per heavy atom. The van der Waals surface area contributed by atoms with Gasteiger partial charge in [0, 0.05) is 36.9 Å². The molecule has 3 heterocycles. The van der Waals surface area contributed by atoms with Crippen molar-refractivity contribution >= 4 is 29.5 Å². The number of carbonyl (C=O) groups is 2. The van der Waals surface area contributed by atoms with Crippen molar-refractivity contribution in [3.63, 3.8) is 0 Å². The Bertz CT molecular complexity index is 888. The molecule has 7 nitrogen and oxygen atoms in total. The first-order valence-electron chi connectivity index (χ1n) is 11.0. The zero-order valence-electron chi connectivity index (χ0n) is 17.3. The van der Waals surface area contributed by atoms with E-state index < -0.39 is 5.79 Å². The average Bonchev–Trinajstić information content (AvgIpc) is 3.23. The average molecular weight is 447 g/mol. The molecule has 0 radical (unpaired) electrons. The molecule has 1 spiro atoms. The van der Waals surface area contributed by atoms with E-state index in [2.05, 4.69) is 5.32 Å². The lowest BCUT2D eigenvalue weighted by atomic mass is 9.81. The fourth-order valence-electron chi connectivity index (χ4n) is 5.06. The first kappa shape index (κ1) is 20.8. The van der Waals surface area contributed by atoms with Crippen LogP contribution in [0.4, 0.5) is 0 Å². The molecule has 1 aliphatic carbocycles. The van der Waals surface area contributed by atoms with Gasteiger partial charge >= 0.3 is 0 Å². The second-order valence-electron chi connectivity index (χ2n) is 8.71. The van der Waals surface area contributed by atoms with Gasteiger partial charge in [-0.2, -0.15) is 0 Å². The number of nitrogens with one attached hydrogen (secondary N) is 1. The summed E-state index contributed by atoms with van der Waals surface area (Å²) in [7, 11) is 0. The van der Waals surface area contributed by atoms with Gasteiger partial charge < -0.3 is 24.4 Å². The van der Waals surface area contributed by atoms with E-state index in [9.17, 15) is 9.59 Å². The monoisotopic (exact) mass is 446 g/mol. The van der Waals surface area contributed by atoms with Gasteiger partial charge in [-0.05, 0) is 37.0 Å². The molecule has 8 heteroatoms. The summed E-state index contributed by atoms with van der Waals surface area (Å²) >= 11 is 6.21. The van der Waals surface area contributed by atoms with E-state index in [1.54, 1.807) is 12.1 Å². The Hall–Kier alpha value is -2.09. The maximum atomic E-state index is 13.1. The van der Waals surface area contributed by atoms with Crippen LogP contribution in [0.5, 0.6) is 0 Å². The number of benzene rings is 1. The minimum atomic E-state index is -0.482. The topological polar surface area (TPSA) is 77.1 Å². The zero-order valence-corrected chi connectivity index (χ0v) is 18.1. The van der Waals surface area contributed by atoms with Gasteiger partial charge in [0.1, 0.15) is 6.10 Å². The van der Waals surface area contributed by atoms with Crippen LogP contribution in [0.25, 0.3) is 6.08 Å².